The number of ether oxygens (including phenoxy) is 1. The third-order valence-electron chi connectivity index (χ3n) is 2.72. The van der Waals surface area contributed by atoms with Gasteiger partial charge in [0.05, 0.1) is 18.2 Å². The molecule has 1 saturated heterocycles. The Balaban J connectivity index is 2.22. The van der Waals surface area contributed by atoms with Gasteiger partial charge in [-0.25, -0.2) is 0 Å². The summed E-state index contributed by atoms with van der Waals surface area (Å²) in [7, 11) is 0. The molecule has 1 N–H and O–H groups in total. The van der Waals surface area contributed by atoms with Crippen LogP contribution in [0, 0.1) is 17.2 Å². The fourth-order valence-corrected chi connectivity index (χ4v) is 1.62. The first kappa shape index (κ1) is 10.5. The monoisotopic (exact) mass is 182 g/mol. The summed E-state index contributed by atoms with van der Waals surface area (Å²) in [6.45, 7) is 5.91. The summed E-state index contributed by atoms with van der Waals surface area (Å²) in [4.78, 5) is 0. The molecule has 1 aliphatic heterocycles. The lowest BCUT2D eigenvalue weighted by Crippen LogP contribution is -2.34. The average Bonchev–Trinajstić information content (AvgIpc) is 2.54. The van der Waals surface area contributed by atoms with Gasteiger partial charge in [-0.05, 0) is 25.7 Å². The van der Waals surface area contributed by atoms with Gasteiger partial charge in [0.2, 0.25) is 0 Å². The average molecular weight is 182 g/mol. The minimum Gasteiger partial charge on any atom is -0.378 e. The van der Waals surface area contributed by atoms with Crippen LogP contribution < -0.4 is 5.32 Å². The zero-order valence-electron chi connectivity index (χ0n) is 8.42. The van der Waals surface area contributed by atoms with Crippen molar-refractivity contribution in [3.8, 4) is 6.07 Å². The normalized spacial score (nSPS) is 29.9. The quantitative estimate of drug-likeness (QED) is 0.713. The highest BCUT2D eigenvalue weighted by Crippen LogP contribution is 2.19. The zero-order chi connectivity index (χ0) is 9.68. The summed E-state index contributed by atoms with van der Waals surface area (Å²) in [5.41, 5.74) is 0. The Morgan fingerprint density at radius 2 is 2.46 bits per heavy atom. The van der Waals surface area contributed by atoms with Gasteiger partial charge in [0.1, 0.15) is 0 Å². The molecule has 1 rings (SSSR count). The number of hydrogen-bond acceptors (Lipinski definition) is 3. The first-order valence-electron chi connectivity index (χ1n) is 5.02. The van der Waals surface area contributed by atoms with Crippen molar-refractivity contribution in [2.45, 2.75) is 38.8 Å². The number of hydrogen-bond donors (Lipinski definition) is 1. The standard InChI is InChI=1S/C10H18N2O/c1-3-10(6-11)12-7-9-4-5-13-8(9)2/h8-10,12H,3-5,7H2,1-2H3. The van der Waals surface area contributed by atoms with Gasteiger partial charge in [-0.15, -0.1) is 0 Å². The summed E-state index contributed by atoms with van der Waals surface area (Å²) < 4.78 is 5.44. The molecule has 1 heterocycles. The van der Waals surface area contributed by atoms with Gasteiger partial charge in [-0.3, -0.25) is 0 Å². The van der Waals surface area contributed by atoms with Crippen molar-refractivity contribution in [2.75, 3.05) is 13.2 Å². The molecule has 1 fully saturated rings. The zero-order valence-corrected chi connectivity index (χ0v) is 8.42. The van der Waals surface area contributed by atoms with Crippen molar-refractivity contribution in [3.05, 3.63) is 0 Å². The Kier molecular flexibility index (Phi) is 4.20. The van der Waals surface area contributed by atoms with Crippen LogP contribution in [0.1, 0.15) is 26.7 Å². The molecule has 3 unspecified atom stereocenters. The molecular weight excluding hydrogens is 164 g/mol. The van der Waals surface area contributed by atoms with Gasteiger partial charge in [0.15, 0.2) is 0 Å². The van der Waals surface area contributed by atoms with Crippen LogP contribution in [0.5, 0.6) is 0 Å². The van der Waals surface area contributed by atoms with Crippen LogP contribution in [0.4, 0.5) is 0 Å². The van der Waals surface area contributed by atoms with Crippen LogP contribution >= 0.6 is 0 Å². The molecule has 3 nitrogen and oxygen atoms in total. The highest BCUT2D eigenvalue weighted by molar-refractivity contribution is 4.89. The van der Waals surface area contributed by atoms with Gasteiger partial charge >= 0.3 is 0 Å². The molecule has 0 bridgehead atoms. The Morgan fingerprint density at radius 1 is 1.69 bits per heavy atom. The smallest absolute Gasteiger partial charge is 0.0950 e. The minimum atomic E-state index is 0.00722. The Labute approximate surface area is 80.1 Å². The van der Waals surface area contributed by atoms with E-state index < -0.39 is 0 Å². The molecule has 0 saturated carbocycles. The van der Waals surface area contributed by atoms with Crippen LogP contribution in [-0.4, -0.2) is 25.3 Å². The Hall–Kier alpha value is -0.590. The fraction of sp³-hybridized carbons (Fsp3) is 0.900. The van der Waals surface area contributed by atoms with Gasteiger partial charge in [0, 0.05) is 13.2 Å². The van der Waals surface area contributed by atoms with E-state index in [4.69, 9.17) is 10.00 Å². The van der Waals surface area contributed by atoms with E-state index in [0.29, 0.717) is 12.0 Å². The SMILES string of the molecule is CCC(C#N)NCC1CCOC1C. The molecular formula is C10H18N2O. The summed E-state index contributed by atoms with van der Waals surface area (Å²) >= 11 is 0. The Morgan fingerprint density at radius 3 is 2.92 bits per heavy atom. The fourth-order valence-electron chi connectivity index (χ4n) is 1.62. The molecule has 0 radical (unpaired) electrons. The van der Waals surface area contributed by atoms with E-state index in [1.54, 1.807) is 0 Å². The molecule has 0 amide bonds. The van der Waals surface area contributed by atoms with Crippen LogP contribution in [0.25, 0.3) is 0 Å². The molecule has 0 aliphatic carbocycles. The highest BCUT2D eigenvalue weighted by atomic mass is 16.5. The molecule has 0 aromatic rings. The van der Waals surface area contributed by atoms with Gasteiger partial charge in [0.25, 0.3) is 0 Å². The van der Waals surface area contributed by atoms with Crippen LogP contribution in [0.2, 0.25) is 0 Å². The van der Waals surface area contributed by atoms with Crippen LogP contribution in [0.3, 0.4) is 0 Å². The number of nitrogens with zero attached hydrogens (tertiary/aromatic N) is 1. The maximum Gasteiger partial charge on any atom is 0.0950 e. The minimum absolute atomic E-state index is 0.00722. The van der Waals surface area contributed by atoms with Crippen LogP contribution in [-0.2, 0) is 4.74 Å². The number of nitrogens with one attached hydrogen (secondary N) is 1. The second-order valence-corrected chi connectivity index (χ2v) is 3.62. The van der Waals surface area contributed by atoms with Crippen molar-refractivity contribution >= 4 is 0 Å². The second kappa shape index (κ2) is 5.21. The van der Waals surface area contributed by atoms with Crippen molar-refractivity contribution in [1.29, 1.82) is 5.26 Å². The van der Waals surface area contributed by atoms with Gasteiger partial charge in [-0.1, -0.05) is 6.92 Å². The molecule has 74 valence electrons. The predicted octanol–water partition coefficient (Wildman–Crippen LogP) is 1.30. The molecule has 0 spiro atoms. The van der Waals surface area contributed by atoms with E-state index in [-0.39, 0.29) is 6.04 Å². The molecule has 3 atom stereocenters. The van der Waals surface area contributed by atoms with Gasteiger partial charge < -0.3 is 10.1 Å². The second-order valence-electron chi connectivity index (χ2n) is 3.62. The Bertz CT molecular complexity index is 188. The number of rotatable bonds is 4. The highest BCUT2D eigenvalue weighted by Gasteiger charge is 2.24. The van der Waals surface area contributed by atoms with Crippen molar-refractivity contribution in [1.82, 2.24) is 5.32 Å². The largest absolute Gasteiger partial charge is 0.378 e. The van der Waals surface area contributed by atoms with Crippen LogP contribution in [0.15, 0.2) is 0 Å². The molecule has 0 aromatic heterocycles. The third-order valence-corrected chi connectivity index (χ3v) is 2.72. The van der Waals surface area contributed by atoms with Crippen molar-refractivity contribution < 1.29 is 4.74 Å². The summed E-state index contributed by atoms with van der Waals surface area (Å²) in [5, 5.41) is 12.0. The van der Waals surface area contributed by atoms with Crippen molar-refractivity contribution in [3.63, 3.8) is 0 Å². The first-order valence-corrected chi connectivity index (χ1v) is 5.02. The number of nitriles is 1. The predicted molar refractivity (Wildman–Crippen MR) is 51.2 cm³/mol. The van der Waals surface area contributed by atoms with E-state index in [1.807, 2.05) is 6.92 Å². The lowest BCUT2D eigenvalue weighted by Gasteiger charge is -2.16. The maximum absolute atomic E-state index is 8.72. The molecule has 1 aliphatic rings. The van der Waals surface area contributed by atoms with E-state index in [9.17, 15) is 0 Å². The summed E-state index contributed by atoms with van der Waals surface area (Å²) in [5.74, 6) is 0.586. The molecule has 13 heavy (non-hydrogen) atoms. The lowest BCUT2D eigenvalue weighted by atomic mass is 10.0. The topological polar surface area (TPSA) is 45.0 Å². The van der Waals surface area contributed by atoms with Gasteiger partial charge in [-0.2, -0.15) is 5.26 Å². The molecule has 3 heteroatoms. The summed E-state index contributed by atoms with van der Waals surface area (Å²) in [6, 6.07) is 2.25. The van der Waals surface area contributed by atoms with E-state index >= 15 is 0 Å². The third kappa shape index (κ3) is 2.98. The van der Waals surface area contributed by atoms with E-state index in [2.05, 4.69) is 18.3 Å². The van der Waals surface area contributed by atoms with Crippen molar-refractivity contribution in [2.24, 2.45) is 5.92 Å². The summed E-state index contributed by atoms with van der Waals surface area (Å²) in [6.07, 6.45) is 2.35. The molecule has 0 aromatic carbocycles. The maximum atomic E-state index is 8.72. The van der Waals surface area contributed by atoms with E-state index in [0.717, 1.165) is 26.0 Å². The van der Waals surface area contributed by atoms with E-state index in [1.165, 1.54) is 0 Å². The lowest BCUT2D eigenvalue weighted by molar-refractivity contribution is 0.105. The first-order chi connectivity index (χ1) is 6.27.